The summed E-state index contributed by atoms with van der Waals surface area (Å²) in [6.07, 6.45) is 2.71. The van der Waals surface area contributed by atoms with Gasteiger partial charge in [-0.05, 0) is 57.9 Å². The van der Waals surface area contributed by atoms with Gasteiger partial charge in [0, 0.05) is 16.8 Å². The molecule has 0 spiro atoms. The normalized spacial score (nSPS) is 20.1. The smallest absolute Gasteiger partial charge is 0.0506 e. The molecule has 16 heavy (non-hydrogen) atoms. The highest BCUT2D eigenvalue weighted by molar-refractivity contribution is 7.10. The molecule has 0 bridgehead atoms. The fraction of sp³-hybridized carbons (Fsp3) is 0.692. The van der Waals surface area contributed by atoms with E-state index >= 15 is 0 Å². The third-order valence-corrected chi connectivity index (χ3v) is 4.74. The summed E-state index contributed by atoms with van der Waals surface area (Å²) in [5.41, 5.74) is 1.93. The van der Waals surface area contributed by atoms with Crippen LogP contribution in [0.3, 0.4) is 0 Å². The minimum absolute atomic E-state index is 0.480. The van der Waals surface area contributed by atoms with E-state index in [0.29, 0.717) is 11.5 Å². The van der Waals surface area contributed by atoms with Crippen LogP contribution in [-0.2, 0) is 0 Å². The lowest BCUT2D eigenvalue weighted by Crippen LogP contribution is -2.34. The summed E-state index contributed by atoms with van der Waals surface area (Å²) < 4.78 is 0. The van der Waals surface area contributed by atoms with Gasteiger partial charge in [0.25, 0.3) is 0 Å². The zero-order valence-corrected chi connectivity index (χ0v) is 11.5. The van der Waals surface area contributed by atoms with Crippen molar-refractivity contribution in [3.05, 3.63) is 21.9 Å². The SMILES string of the molecule is CNCC1(C(c2sccc2C)N(C)C)CC1. The molecule has 2 rings (SSSR count). The Labute approximate surface area is 103 Å². The minimum atomic E-state index is 0.480. The number of rotatable bonds is 5. The molecule has 0 amide bonds. The fourth-order valence-corrected chi connectivity index (χ4v) is 4.05. The Hall–Kier alpha value is -0.380. The molecular formula is C13H22N2S. The topological polar surface area (TPSA) is 15.3 Å². The van der Waals surface area contributed by atoms with Crippen molar-refractivity contribution in [3.63, 3.8) is 0 Å². The van der Waals surface area contributed by atoms with E-state index in [1.807, 2.05) is 11.3 Å². The molecule has 1 aromatic rings. The number of nitrogens with zero attached hydrogens (tertiary/aromatic N) is 1. The van der Waals surface area contributed by atoms with Crippen LogP contribution in [0.1, 0.15) is 29.3 Å². The Morgan fingerprint density at radius 3 is 2.56 bits per heavy atom. The van der Waals surface area contributed by atoms with Crippen LogP contribution in [0, 0.1) is 12.3 Å². The zero-order valence-electron chi connectivity index (χ0n) is 10.7. The Kier molecular flexibility index (Phi) is 3.38. The highest BCUT2D eigenvalue weighted by atomic mass is 32.1. The molecule has 1 saturated carbocycles. The van der Waals surface area contributed by atoms with Gasteiger partial charge >= 0.3 is 0 Å². The fourth-order valence-electron chi connectivity index (χ4n) is 2.78. The maximum Gasteiger partial charge on any atom is 0.0506 e. The van der Waals surface area contributed by atoms with Crippen molar-refractivity contribution in [2.45, 2.75) is 25.8 Å². The van der Waals surface area contributed by atoms with Gasteiger partial charge in [0.05, 0.1) is 6.04 Å². The molecule has 3 heteroatoms. The van der Waals surface area contributed by atoms with Crippen LogP contribution in [0.4, 0.5) is 0 Å². The van der Waals surface area contributed by atoms with Gasteiger partial charge in [-0.2, -0.15) is 0 Å². The summed E-state index contributed by atoms with van der Waals surface area (Å²) in [5, 5.41) is 5.58. The van der Waals surface area contributed by atoms with Crippen molar-refractivity contribution in [1.82, 2.24) is 10.2 Å². The van der Waals surface area contributed by atoms with Crippen molar-refractivity contribution in [2.75, 3.05) is 27.7 Å². The van der Waals surface area contributed by atoms with Crippen molar-refractivity contribution < 1.29 is 0 Å². The third-order valence-electron chi connectivity index (χ3n) is 3.67. The van der Waals surface area contributed by atoms with E-state index in [0.717, 1.165) is 6.54 Å². The summed E-state index contributed by atoms with van der Waals surface area (Å²) in [6, 6.07) is 2.83. The molecule has 1 aliphatic rings. The highest BCUT2D eigenvalue weighted by Crippen LogP contribution is 2.57. The van der Waals surface area contributed by atoms with Gasteiger partial charge in [0.15, 0.2) is 0 Å². The predicted molar refractivity (Wildman–Crippen MR) is 71.1 cm³/mol. The van der Waals surface area contributed by atoms with E-state index < -0.39 is 0 Å². The first-order valence-electron chi connectivity index (χ1n) is 5.96. The first-order valence-corrected chi connectivity index (χ1v) is 6.84. The molecule has 1 aliphatic carbocycles. The zero-order chi connectivity index (χ0) is 11.8. The van der Waals surface area contributed by atoms with Gasteiger partial charge in [0.2, 0.25) is 0 Å². The van der Waals surface area contributed by atoms with Gasteiger partial charge in [-0.25, -0.2) is 0 Å². The second-order valence-corrected chi connectivity index (χ2v) is 6.17. The number of hydrogen-bond donors (Lipinski definition) is 1. The van der Waals surface area contributed by atoms with E-state index in [9.17, 15) is 0 Å². The van der Waals surface area contributed by atoms with Gasteiger partial charge < -0.3 is 10.2 Å². The van der Waals surface area contributed by atoms with Crippen LogP contribution in [-0.4, -0.2) is 32.6 Å². The number of aryl methyl sites for hydroxylation is 1. The number of thiophene rings is 1. The lowest BCUT2D eigenvalue weighted by molar-refractivity contribution is 0.194. The maximum absolute atomic E-state index is 3.37. The van der Waals surface area contributed by atoms with Crippen LogP contribution in [0.25, 0.3) is 0 Å². The lowest BCUT2D eigenvalue weighted by Gasteiger charge is -2.32. The largest absolute Gasteiger partial charge is 0.319 e. The van der Waals surface area contributed by atoms with E-state index in [4.69, 9.17) is 0 Å². The van der Waals surface area contributed by atoms with Crippen molar-refractivity contribution in [3.8, 4) is 0 Å². The molecule has 1 unspecified atom stereocenters. The van der Waals surface area contributed by atoms with Crippen LogP contribution < -0.4 is 5.32 Å². The summed E-state index contributed by atoms with van der Waals surface area (Å²) in [5.74, 6) is 0. The quantitative estimate of drug-likeness (QED) is 0.848. The van der Waals surface area contributed by atoms with E-state index in [-0.39, 0.29) is 0 Å². The van der Waals surface area contributed by atoms with Gasteiger partial charge in [0.1, 0.15) is 0 Å². The number of hydrogen-bond acceptors (Lipinski definition) is 3. The molecule has 0 aromatic carbocycles. The molecule has 0 saturated heterocycles. The van der Waals surface area contributed by atoms with Gasteiger partial charge in [-0.15, -0.1) is 11.3 Å². The second-order valence-electron chi connectivity index (χ2n) is 5.23. The van der Waals surface area contributed by atoms with Gasteiger partial charge in [-0.1, -0.05) is 0 Å². The Morgan fingerprint density at radius 2 is 2.19 bits per heavy atom. The van der Waals surface area contributed by atoms with Gasteiger partial charge in [-0.3, -0.25) is 0 Å². The molecule has 1 heterocycles. The predicted octanol–water partition coefficient (Wildman–Crippen LogP) is 2.66. The van der Waals surface area contributed by atoms with E-state index in [2.05, 4.69) is 49.7 Å². The summed E-state index contributed by atoms with van der Waals surface area (Å²) in [6.45, 7) is 3.37. The molecule has 1 atom stereocenters. The standard InChI is InChI=1S/C13H22N2S/c1-10-5-8-16-11(10)12(15(3)4)13(6-7-13)9-14-2/h5,8,12,14H,6-7,9H2,1-4H3. The van der Waals surface area contributed by atoms with Crippen molar-refractivity contribution in [1.29, 1.82) is 0 Å². The molecular weight excluding hydrogens is 216 g/mol. The van der Waals surface area contributed by atoms with Crippen molar-refractivity contribution in [2.24, 2.45) is 5.41 Å². The minimum Gasteiger partial charge on any atom is -0.319 e. The van der Waals surface area contributed by atoms with Crippen LogP contribution in [0.15, 0.2) is 11.4 Å². The molecule has 1 aromatic heterocycles. The summed E-state index contributed by atoms with van der Waals surface area (Å²) in [4.78, 5) is 3.95. The monoisotopic (exact) mass is 238 g/mol. The first kappa shape index (κ1) is 12.1. The highest BCUT2D eigenvalue weighted by Gasteiger charge is 2.50. The molecule has 90 valence electrons. The molecule has 0 aliphatic heterocycles. The van der Waals surface area contributed by atoms with E-state index in [1.165, 1.54) is 18.4 Å². The Balaban J connectivity index is 2.28. The van der Waals surface area contributed by atoms with Crippen LogP contribution in [0.2, 0.25) is 0 Å². The lowest BCUT2D eigenvalue weighted by atomic mass is 9.92. The van der Waals surface area contributed by atoms with Crippen molar-refractivity contribution >= 4 is 11.3 Å². The third kappa shape index (κ3) is 2.04. The molecule has 1 N–H and O–H groups in total. The average Bonchev–Trinajstić information content (AvgIpc) is 2.85. The average molecular weight is 238 g/mol. The van der Waals surface area contributed by atoms with Crippen LogP contribution in [0.5, 0.6) is 0 Å². The summed E-state index contributed by atoms with van der Waals surface area (Å²) >= 11 is 1.91. The number of nitrogens with one attached hydrogen (secondary N) is 1. The molecule has 2 nitrogen and oxygen atoms in total. The molecule has 1 fully saturated rings. The maximum atomic E-state index is 3.37. The van der Waals surface area contributed by atoms with Crippen LogP contribution >= 0.6 is 11.3 Å². The first-order chi connectivity index (χ1) is 7.60. The molecule has 0 radical (unpaired) electrons. The second kappa shape index (κ2) is 4.47. The summed E-state index contributed by atoms with van der Waals surface area (Å²) in [7, 11) is 6.48. The Morgan fingerprint density at radius 1 is 1.50 bits per heavy atom. The Bertz CT molecular complexity index is 353. The van der Waals surface area contributed by atoms with E-state index in [1.54, 1.807) is 4.88 Å².